The van der Waals surface area contributed by atoms with Crippen molar-refractivity contribution in [1.82, 2.24) is 20.1 Å². The van der Waals surface area contributed by atoms with Gasteiger partial charge in [0, 0.05) is 49.6 Å². The average Bonchev–Trinajstić information content (AvgIpc) is 3.57. The number of methoxy groups -OCH3 is 1. The maximum Gasteiger partial charge on any atom is 0.244 e. The van der Waals surface area contributed by atoms with Crippen LogP contribution in [0.2, 0.25) is 0 Å². The van der Waals surface area contributed by atoms with Gasteiger partial charge < -0.3 is 30.5 Å². The Morgan fingerprint density at radius 1 is 1.04 bits per heavy atom. The third-order valence-electron chi connectivity index (χ3n) is 10.0. The number of hydrogen-bond donors (Lipinski definition) is 3. The van der Waals surface area contributed by atoms with Gasteiger partial charge in [-0.15, -0.1) is 0 Å². The Kier molecular flexibility index (Phi) is 9.22. The van der Waals surface area contributed by atoms with Crippen LogP contribution in [0, 0.1) is 5.41 Å². The lowest BCUT2D eigenvalue weighted by Gasteiger charge is -2.41. The molecular formula is C36H44N6O4. The minimum atomic E-state index is -0.674. The van der Waals surface area contributed by atoms with Gasteiger partial charge in [-0.25, -0.2) is 4.98 Å². The lowest BCUT2D eigenvalue weighted by atomic mass is 9.79. The number of nitrogens with zero attached hydrogens (tertiary/aromatic N) is 3. The molecule has 0 radical (unpaired) electrons. The zero-order valence-corrected chi connectivity index (χ0v) is 27.0. The smallest absolute Gasteiger partial charge is 0.244 e. The van der Waals surface area contributed by atoms with Gasteiger partial charge in [-0.1, -0.05) is 43.3 Å². The van der Waals surface area contributed by atoms with Gasteiger partial charge in [-0.3, -0.25) is 14.4 Å². The summed E-state index contributed by atoms with van der Waals surface area (Å²) in [5.41, 5.74) is 4.59. The van der Waals surface area contributed by atoms with E-state index in [2.05, 4.69) is 31.9 Å². The SMILES string of the molecule is CNCc1ccccc1CN(CC(=O)Nc1ccc2c(c1)C[C@@]1(C2)C(=O)Nc2ncccc21)C(=O)C1(C)CCN(CCOC)CC1. The van der Waals surface area contributed by atoms with Crippen molar-refractivity contribution in [2.45, 2.75) is 51.1 Å². The number of amides is 3. The highest BCUT2D eigenvalue weighted by Gasteiger charge is 2.51. The molecule has 3 amide bonds. The molecule has 10 nitrogen and oxygen atoms in total. The first-order valence-corrected chi connectivity index (χ1v) is 16.2. The molecule has 46 heavy (non-hydrogen) atoms. The summed E-state index contributed by atoms with van der Waals surface area (Å²) in [4.78, 5) is 49.5. The molecule has 0 bridgehead atoms. The topological polar surface area (TPSA) is 116 Å². The van der Waals surface area contributed by atoms with Gasteiger partial charge in [-0.05, 0) is 86.3 Å². The molecule has 3 aromatic rings. The minimum Gasteiger partial charge on any atom is -0.383 e. The van der Waals surface area contributed by atoms with Crippen molar-refractivity contribution in [1.29, 1.82) is 0 Å². The Labute approximate surface area is 270 Å². The van der Waals surface area contributed by atoms with Crippen molar-refractivity contribution in [2.75, 3.05) is 57.6 Å². The first kappa shape index (κ1) is 31.8. The van der Waals surface area contributed by atoms with E-state index in [4.69, 9.17) is 4.74 Å². The fourth-order valence-corrected chi connectivity index (χ4v) is 7.28. The highest BCUT2D eigenvalue weighted by atomic mass is 16.5. The first-order chi connectivity index (χ1) is 22.2. The van der Waals surface area contributed by atoms with Crippen LogP contribution in [-0.4, -0.2) is 79.4 Å². The van der Waals surface area contributed by atoms with E-state index >= 15 is 0 Å². The van der Waals surface area contributed by atoms with E-state index in [1.807, 2.05) is 62.5 Å². The van der Waals surface area contributed by atoms with Crippen molar-refractivity contribution in [3.05, 3.63) is 88.6 Å². The molecule has 2 aliphatic heterocycles. The van der Waals surface area contributed by atoms with Gasteiger partial charge >= 0.3 is 0 Å². The maximum absolute atomic E-state index is 14.3. The molecule has 3 N–H and O–H groups in total. The van der Waals surface area contributed by atoms with Crippen LogP contribution in [0.5, 0.6) is 0 Å². The Bertz CT molecular complexity index is 1620. The third kappa shape index (κ3) is 6.29. The van der Waals surface area contributed by atoms with Gasteiger partial charge in [0.15, 0.2) is 0 Å². The van der Waals surface area contributed by atoms with E-state index in [1.54, 1.807) is 18.2 Å². The summed E-state index contributed by atoms with van der Waals surface area (Å²) in [6.45, 7) is 6.15. The minimum absolute atomic E-state index is 0.00344. The van der Waals surface area contributed by atoms with Crippen LogP contribution >= 0.6 is 0 Å². The van der Waals surface area contributed by atoms with E-state index < -0.39 is 10.8 Å². The van der Waals surface area contributed by atoms with E-state index in [-0.39, 0.29) is 24.3 Å². The molecule has 0 saturated carbocycles. The lowest BCUT2D eigenvalue weighted by Crippen LogP contribution is -2.50. The molecule has 3 heterocycles. The molecule has 242 valence electrons. The Morgan fingerprint density at radius 3 is 2.57 bits per heavy atom. The molecular weight excluding hydrogens is 580 g/mol. The number of fused-ring (bicyclic) bond motifs is 3. The van der Waals surface area contributed by atoms with Crippen LogP contribution in [0.25, 0.3) is 0 Å². The van der Waals surface area contributed by atoms with Gasteiger partial charge in [0.25, 0.3) is 0 Å². The monoisotopic (exact) mass is 624 g/mol. The van der Waals surface area contributed by atoms with Crippen LogP contribution in [0.1, 0.15) is 47.6 Å². The van der Waals surface area contributed by atoms with Crippen LogP contribution < -0.4 is 16.0 Å². The standard InChI is InChI=1S/C36H44N6O4/c1-35(12-15-41(16-13-35)17-18-46-3)34(45)42(23-27-8-5-4-7-26(27)22-37-2)24-31(43)39-29-11-10-25-20-36(21-28(25)19-29)30-9-6-14-38-32(30)40-33(36)44/h4-11,14,19,37H,12-13,15-18,20-24H2,1-3H3,(H,39,43)(H,38,40,44)/t36-/m1/s1. The predicted octanol–water partition coefficient (Wildman–Crippen LogP) is 3.51. The second kappa shape index (κ2) is 13.3. The zero-order valence-electron chi connectivity index (χ0n) is 27.0. The number of pyridine rings is 1. The number of piperidine rings is 1. The summed E-state index contributed by atoms with van der Waals surface area (Å²) >= 11 is 0. The largest absolute Gasteiger partial charge is 0.383 e. The second-order valence-electron chi connectivity index (χ2n) is 13.2. The predicted molar refractivity (Wildman–Crippen MR) is 177 cm³/mol. The summed E-state index contributed by atoms with van der Waals surface area (Å²) in [7, 11) is 3.61. The second-order valence-corrected chi connectivity index (χ2v) is 13.2. The van der Waals surface area contributed by atoms with E-state index in [0.717, 1.165) is 60.3 Å². The number of aromatic nitrogens is 1. The fourth-order valence-electron chi connectivity index (χ4n) is 7.28. The van der Waals surface area contributed by atoms with Crippen molar-refractivity contribution in [3.63, 3.8) is 0 Å². The molecule has 1 aliphatic carbocycles. The number of benzene rings is 2. The van der Waals surface area contributed by atoms with E-state index in [9.17, 15) is 14.4 Å². The number of hydrogen-bond acceptors (Lipinski definition) is 7. The van der Waals surface area contributed by atoms with Crippen LogP contribution in [0.4, 0.5) is 11.5 Å². The Morgan fingerprint density at radius 2 is 1.80 bits per heavy atom. The van der Waals surface area contributed by atoms with Gasteiger partial charge in [-0.2, -0.15) is 0 Å². The molecule has 3 aliphatic rings. The summed E-state index contributed by atoms with van der Waals surface area (Å²) in [5.74, 6) is 0.350. The van der Waals surface area contributed by atoms with Gasteiger partial charge in [0.05, 0.1) is 12.0 Å². The molecule has 1 spiro atoms. The van der Waals surface area contributed by atoms with Crippen molar-refractivity contribution >= 4 is 29.2 Å². The zero-order chi connectivity index (χ0) is 32.3. The third-order valence-corrected chi connectivity index (χ3v) is 10.0. The molecule has 2 aromatic carbocycles. The molecule has 1 aromatic heterocycles. The molecule has 6 rings (SSSR count). The molecule has 1 saturated heterocycles. The highest BCUT2D eigenvalue weighted by molar-refractivity contribution is 6.06. The quantitative estimate of drug-likeness (QED) is 0.299. The van der Waals surface area contributed by atoms with Crippen LogP contribution in [0.3, 0.4) is 0 Å². The molecule has 0 unspecified atom stereocenters. The number of rotatable bonds is 11. The number of anilines is 2. The normalized spacial score (nSPS) is 19.8. The molecule has 1 atom stereocenters. The van der Waals surface area contributed by atoms with E-state index in [1.165, 1.54) is 0 Å². The van der Waals surface area contributed by atoms with Crippen molar-refractivity contribution < 1.29 is 19.1 Å². The number of ether oxygens (including phenoxy) is 1. The van der Waals surface area contributed by atoms with Crippen LogP contribution in [-0.2, 0) is 50.5 Å². The summed E-state index contributed by atoms with van der Waals surface area (Å²) in [6.07, 6.45) is 4.28. The Hall–Kier alpha value is -4.12. The van der Waals surface area contributed by atoms with Gasteiger partial charge in [0.1, 0.15) is 12.4 Å². The summed E-state index contributed by atoms with van der Waals surface area (Å²) < 4.78 is 5.25. The summed E-state index contributed by atoms with van der Waals surface area (Å²) in [6, 6.07) is 17.7. The maximum atomic E-state index is 14.3. The number of likely N-dealkylation sites (tertiary alicyclic amines) is 1. The van der Waals surface area contributed by atoms with E-state index in [0.29, 0.717) is 44.0 Å². The number of nitrogens with one attached hydrogen (secondary N) is 3. The van der Waals surface area contributed by atoms with Crippen LogP contribution in [0.15, 0.2) is 60.8 Å². The van der Waals surface area contributed by atoms with Gasteiger partial charge in [0.2, 0.25) is 17.7 Å². The average molecular weight is 625 g/mol. The van der Waals surface area contributed by atoms with Crippen molar-refractivity contribution in [2.24, 2.45) is 5.41 Å². The summed E-state index contributed by atoms with van der Waals surface area (Å²) in [5, 5.41) is 9.22. The highest BCUT2D eigenvalue weighted by Crippen LogP contribution is 2.47. The number of carbonyl (C=O) groups excluding carboxylic acids is 3. The number of carbonyl (C=O) groups is 3. The van der Waals surface area contributed by atoms with Crippen molar-refractivity contribution in [3.8, 4) is 0 Å². The Balaban J connectivity index is 1.18. The lowest BCUT2D eigenvalue weighted by molar-refractivity contribution is -0.146. The molecule has 10 heteroatoms. The first-order valence-electron chi connectivity index (χ1n) is 16.2. The molecule has 1 fully saturated rings. The fraction of sp³-hybridized carbons (Fsp3) is 0.444.